The summed E-state index contributed by atoms with van der Waals surface area (Å²) >= 11 is 1.09. The molecule has 0 saturated heterocycles. The number of hydrogen-bond donors (Lipinski definition) is 1. The molecule has 0 bridgehead atoms. The molecule has 6 nitrogen and oxygen atoms in total. The van der Waals surface area contributed by atoms with E-state index in [1.165, 1.54) is 20.3 Å². The molecule has 1 amide bonds. The molecule has 0 spiro atoms. The minimum Gasteiger partial charge on any atom is -0.493 e. The SMILES string of the molecule is COc1ccc(C(=O)Nc2nnc(-c3ccccc3F)s2)cc1OC. The summed E-state index contributed by atoms with van der Waals surface area (Å²) in [5, 5.41) is 11.1. The second-order valence-electron chi connectivity index (χ2n) is 4.92. The van der Waals surface area contributed by atoms with Crippen LogP contribution in [0.5, 0.6) is 11.5 Å². The number of hydrogen-bond acceptors (Lipinski definition) is 6. The zero-order valence-corrected chi connectivity index (χ0v) is 14.3. The third-order valence-electron chi connectivity index (χ3n) is 3.40. The molecular weight excluding hydrogens is 345 g/mol. The van der Waals surface area contributed by atoms with E-state index < -0.39 is 5.82 Å². The van der Waals surface area contributed by atoms with E-state index in [0.29, 0.717) is 27.6 Å². The second kappa shape index (κ2) is 7.27. The van der Waals surface area contributed by atoms with E-state index in [-0.39, 0.29) is 11.0 Å². The lowest BCUT2D eigenvalue weighted by molar-refractivity contribution is 0.102. The number of benzene rings is 2. The van der Waals surface area contributed by atoms with E-state index in [1.807, 2.05) is 0 Å². The van der Waals surface area contributed by atoms with Gasteiger partial charge in [-0.2, -0.15) is 0 Å². The Balaban J connectivity index is 1.79. The Labute approximate surface area is 147 Å². The summed E-state index contributed by atoms with van der Waals surface area (Å²) in [6.45, 7) is 0. The highest BCUT2D eigenvalue weighted by Gasteiger charge is 2.15. The van der Waals surface area contributed by atoms with E-state index in [2.05, 4.69) is 15.5 Å². The van der Waals surface area contributed by atoms with Crippen molar-refractivity contribution in [3.05, 3.63) is 53.8 Å². The fraction of sp³-hybridized carbons (Fsp3) is 0.118. The van der Waals surface area contributed by atoms with Crippen molar-refractivity contribution in [2.24, 2.45) is 0 Å². The largest absolute Gasteiger partial charge is 0.493 e. The van der Waals surface area contributed by atoms with Gasteiger partial charge >= 0.3 is 0 Å². The van der Waals surface area contributed by atoms with Gasteiger partial charge in [0.15, 0.2) is 16.5 Å². The second-order valence-corrected chi connectivity index (χ2v) is 5.89. The average molecular weight is 359 g/mol. The van der Waals surface area contributed by atoms with Crippen LogP contribution in [-0.2, 0) is 0 Å². The number of amides is 1. The molecule has 0 atom stereocenters. The molecule has 0 aliphatic heterocycles. The number of aromatic nitrogens is 2. The number of anilines is 1. The van der Waals surface area contributed by atoms with Crippen molar-refractivity contribution in [3.8, 4) is 22.1 Å². The first-order chi connectivity index (χ1) is 12.1. The fourth-order valence-corrected chi connectivity index (χ4v) is 2.93. The van der Waals surface area contributed by atoms with Gasteiger partial charge in [-0.25, -0.2) is 4.39 Å². The highest BCUT2D eigenvalue weighted by atomic mass is 32.1. The molecule has 0 saturated carbocycles. The maximum atomic E-state index is 13.8. The molecular formula is C17H14FN3O3S. The van der Waals surface area contributed by atoms with Gasteiger partial charge in [0, 0.05) is 11.1 Å². The number of methoxy groups -OCH3 is 2. The average Bonchev–Trinajstić information content (AvgIpc) is 3.09. The third-order valence-corrected chi connectivity index (χ3v) is 4.27. The first-order valence-electron chi connectivity index (χ1n) is 7.24. The van der Waals surface area contributed by atoms with E-state index >= 15 is 0 Å². The summed E-state index contributed by atoms with van der Waals surface area (Å²) in [4.78, 5) is 12.4. The van der Waals surface area contributed by atoms with Crippen molar-refractivity contribution in [3.63, 3.8) is 0 Å². The van der Waals surface area contributed by atoms with Crippen molar-refractivity contribution >= 4 is 22.4 Å². The molecule has 3 rings (SSSR count). The van der Waals surface area contributed by atoms with Gasteiger partial charge in [0.05, 0.1) is 14.2 Å². The van der Waals surface area contributed by atoms with Crippen molar-refractivity contribution < 1.29 is 18.7 Å². The van der Waals surface area contributed by atoms with Gasteiger partial charge in [-0.15, -0.1) is 10.2 Å². The van der Waals surface area contributed by atoms with Crippen LogP contribution in [0.1, 0.15) is 10.4 Å². The lowest BCUT2D eigenvalue weighted by atomic mass is 10.2. The van der Waals surface area contributed by atoms with Crippen LogP contribution in [-0.4, -0.2) is 30.3 Å². The number of nitrogens with one attached hydrogen (secondary N) is 1. The van der Waals surface area contributed by atoms with Crippen molar-refractivity contribution in [1.82, 2.24) is 10.2 Å². The zero-order chi connectivity index (χ0) is 17.8. The molecule has 2 aromatic carbocycles. The van der Waals surface area contributed by atoms with Crippen LogP contribution in [0.15, 0.2) is 42.5 Å². The zero-order valence-electron chi connectivity index (χ0n) is 13.4. The Kier molecular flexibility index (Phi) is 4.90. The number of halogens is 1. The normalized spacial score (nSPS) is 10.4. The van der Waals surface area contributed by atoms with Crippen LogP contribution in [0.4, 0.5) is 9.52 Å². The number of nitrogens with zero attached hydrogens (tertiary/aromatic N) is 2. The van der Waals surface area contributed by atoms with Crippen molar-refractivity contribution in [2.45, 2.75) is 0 Å². The first kappa shape index (κ1) is 16.8. The van der Waals surface area contributed by atoms with E-state index in [1.54, 1.807) is 36.4 Å². The van der Waals surface area contributed by atoms with Crippen LogP contribution in [0.25, 0.3) is 10.6 Å². The smallest absolute Gasteiger partial charge is 0.257 e. The molecule has 8 heteroatoms. The van der Waals surface area contributed by atoms with E-state index in [9.17, 15) is 9.18 Å². The minimum atomic E-state index is -0.392. The topological polar surface area (TPSA) is 73.3 Å². The maximum Gasteiger partial charge on any atom is 0.257 e. The minimum absolute atomic E-state index is 0.276. The fourth-order valence-electron chi connectivity index (χ4n) is 2.16. The van der Waals surface area contributed by atoms with Gasteiger partial charge in [-0.1, -0.05) is 23.5 Å². The van der Waals surface area contributed by atoms with Gasteiger partial charge in [-0.05, 0) is 30.3 Å². The van der Waals surface area contributed by atoms with Crippen LogP contribution in [0.2, 0.25) is 0 Å². The third kappa shape index (κ3) is 3.58. The number of rotatable bonds is 5. The Morgan fingerprint density at radius 2 is 1.84 bits per heavy atom. The van der Waals surface area contributed by atoms with Gasteiger partial charge in [-0.3, -0.25) is 10.1 Å². The van der Waals surface area contributed by atoms with Gasteiger partial charge in [0.1, 0.15) is 5.82 Å². The lowest BCUT2D eigenvalue weighted by Gasteiger charge is -2.08. The van der Waals surface area contributed by atoms with Gasteiger partial charge in [0.2, 0.25) is 5.13 Å². The molecule has 25 heavy (non-hydrogen) atoms. The van der Waals surface area contributed by atoms with E-state index in [4.69, 9.17) is 9.47 Å². The molecule has 0 aliphatic carbocycles. The molecule has 128 valence electrons. The quantitative estimate of drug-likeness (QED) is 0.753. The van der Waals surface area contributed by atoms with Crippen LogP contribution < -0.4 is 14.8 Å². The molecule has 3 aromatic rings. The summed E-state index contributed by atoms with van der Waals surface area (Å²) in [5.74, 6) is 0.199. The Morgan fingerprint density at radius 3 is 2.56 bits per heavy atom. The summed E-state index contributed by atoms with van der Waals surface area (Å²) in [6.07, 6.45) is 0. The van der Waals surface area contributed by atoms with Gasteiger partial charge in [0.25, 0.3) is 5.91 Å². The summed E-state index contributed by atoms with van der Waals surface area (Å²) in [6, 6.07) is 11.1. The van der Waals surface area contributed by atoms with Crippen LogP contribution in [0.3, 0.4) is 0 Å². The number of carbonyl (C=O) groups is 1. The Morgan fingerprint density at radius 1 is 1.08 bits per heavy atom. The molecule has 1 N–H and O–H groups in total. The molecule has 0 fully saturated rings. The summed E-state index contributed by atoms with van der Waals surface area (Å²) in [5.41, 5.74) is 0.715. The highest BCUT2D eigenvalue weighted by Crippen LogP contribution is 2.30. The highest BCUT2D eigenvalue weighted by molar-refractivity contribution is 7.18. The van der Waals surface area contributed by atoms with Gasteiger partial charge < -0.3 is 9.47 Å². The predicted molar refractivity (Wildman–Crippen MR) is 92.8 cm³/mol. The first-order valence-corrected chi connectivity index (χ1v) is 8.06. The monoisotopic (exact) mass is 359 g/mol. The van der Waals surface area contributed by atoms with E-state index in [0.717, 1.165) is 11.3 Å². The van der Waals surface area contributed by atoms with Crippen molar-refractivity contribution in [1.29, 1.82) is 0 Å². The predicted octanol–water partition coefficient (Wildman–Crippen LogP) is 3.61. The molecule has 0 aliphatic rings. The molecule has 0 radical (unpaired) electrons. The maximum absolute atomic E-state index is 13.8. The number of carbonyl (C=O) groups excluding carboxylic acids is 1. The molecule has 1 aromatic heterocycles. The van der Waals surface area contributed by atoms with Crippen molar-refractivity contribution in [2.75, 3.05) is 19.5 Å². The molecule has 1 heterocycles. The standard InChI is InChI=1S/C17H14FN3O3S/c1-23-13-8-7-10(9-14(13)24-2)15(22)19-17-21-20-16(25-17)11-5-3-4-6-12(11)18/h3-9H,1-2H3,(H,19,21,22). The Bertz CT molecular complexity index is 914. The summed E-state index contributed by atoms with van der Waals surface area (Å²) < 4.78 is 24.1. The molecule has 0 unspecified atom stereocenters. The lowest BCUT2D eigenvalue weighted by Crippen LogP contribution is -2.11. The summed E-state index contributed by atoms with van der Waals surface area (Å²) in [7, 11) is 3.01. The van der Waals surface area contributed by atoms with Crippen LogP contribution >= 0.6 is 11.3 Å². The van der Waals surface area contributed by atoms with Crippen LogP contribution in [0, 0.1) is 5.82 Å². The Hall–Kier alpha value is -3.00. The number of ether oxygens (including phenoxy) is 2.